The molecule has 2 atom stereocenters. The fourth-order valence-corrected chi connectivity index (χ4v) is 8.93. The average Bonchev–Trinajstić information content (AvgIpc) is 3.37. The molecule has 0 saturated heterocycles. The first-order valence-electron chi connectivity index (χ1n) is 23.2. The van der Waals surface area contributed by atoms with Crippen LogP contribution in [0.15, 0.2) is 131 Å². The summed E-state index contributed by atoms with van der Waals surface area (Å²) in [6.45, 7) is 5.23. The van der Waals surface area contributed by atoms with Crippen molar-refractivity contribution in [1.29, 1.82) is 0 Å². The van der Waals surface area contributed by atoms with Crippen molar-refractivity contribution in [2.45, 2.75) is 78.0 Å². The topological polar surface area (TPSA) is 198 Å². The maximum absolute atomic E-state index is 13.6. The largest absolute Gasteiger partial charge is 0.486 e. The van der Waals surface area contributed by atoms with Crippen LogP contribution in [0, 0.1) is 11.6 Å². The van der Waals surface area contributed by atoms with Crippen molar-refractivity contribution in [2.24, 2.45) is 0 Å². The Morgan fingerprint density at radius 1 is 0.616 bits per heavy atom. The molecule has 0 bridgehead atoms. The van der Waals surface area contributed by atoms with Crippen molar-refractivity contribution in [2.75, 3.05) is 6.61 Å². The molecule has 0 unspecified atom stereocenters. The van der Waals surface area contributed by atoms with E-state index in [-0.39, 0.29) is 90.4 Å². The highest BCUT2D eigenvalue weighted by Gasteiger charge is 2.44. The standard InChI is InChI=1S/C28H23FN2O6.C28H25FN2O5/c1-16(32)21-25(36-14-18-6-4-3-5-7-18)22-23-24(37-28(2,27(34)35)15-31(23)26(21)33)19(13-30-22)12-17-8-10-20(29)11-9-17;1-17(33)22-26(35-14-19-6-4-3-5-7-19)23-24-25(36-28(2,16-32)15-31(24)27(22)34)20(13-30-23)12-18-8-10-21(29)11-9-18/h3-11,13H,12,14-15H2,1-2H3,(H,34,35);3-11,13,32H,12,14-16H2,1-2H3/t2*28-/m11/s1. The maximum atomic E-state index is 13.6. The zero-order valence-electron chi connectivity index (χ0n) is 40.1. The second-order valence-corrected chi connectivity index (χ2v) is 18.4. The molecule has 372 valence electrons. The van der Waals surface area contributed by atoms with Crippen LogP contribution in [0.4, 0.5) is 8.78 Å². The van der Waals surface area contributed by atoms with Crippen LogP contribution in [-0.4, -0.2) is 64.7 Å². The molecule has 8 aromatic rings. The Hall–Kier alpha value is -8.57. The summed E-state index contributed by atoms with van der Waals surface area (Å²) in [6.07, 6.45) is 3.72. The van der Waals surface area contributed by atoms with Gasteiger partial charge < -0.3 is 29.2 Å². The van der Waals surface area contributed by atoms with E-state index in [0.29, 0.717) is 34.3 Å². The number of nitrogens with zero attached hydrogens (tertiary/aromatic N) is 4. The summed E-state index contributed by atoms with van der Waals surface area (Å²) in [6, 6.07) is 30.6. The number of carbonyl (C=O) groups excluding carboxylic acids is 2. The number of aliphatic hydroxyl groups excluding tert-OH is 1. The normalized spacial score (nSPS) is 16.4. The van der Waals surface area contributed by atoms with Gasteiger partial charge in [-0.05, 0) is 74.2 Å². The third-order valence-corrected chi connectivity index (χ3v) is 12.7. The van der Waals surface area contributed by atoms with Crippen molar-refractivity contribution < 1.29 is 52.3 Å². The van der Waals surface area contributed by atoms with Crippen LogP contribution < -0.4 is 30.1 Å². The number of Topliss-reactive ketones (excluding diaryl/α,β-unsaturated/α-hetero) is 2. The zero-order chi connectivity index (χ0) is 51.8. The Kier molecular flexibility index (Phi) is 13.5. The van der Waals surface area contributed by atoms with Crippen LogP contribution >= 0.6 is 0 Å². The second-order valence-electron chi connectivity index (χ2n) is 18.4. The van der Waals surface area contributed by atoms with Gasteiger partial charge in [-0.1, -0.05) is 84.9 Å². The SMILES string of the molecule is CC(=O)c1c(OCc2ccccc2)c2ncc(Cc3ccc(F)cc3)c3c2n(c1=O)C[C@](C)(C(=O)O)O3.CC(=O)c1c(OCc2ccccc2)c2ncc(Cc3ccc(F)cc3)c3c2n(c1=O)C[C@](C)(CO)O3. The van der Waals surface area contributed by atoms with Gasteiger partial charge in [0, 0.05) is 36.4 Å². The highest BCUT2D eigenvalue weighted by atomic mass is 19.1. The minimum absolute atomic E-state index is 0.0183. The van der Waals surface area contributed by atoms with Gasteiger partial charge in [0.2, 0.25) is 5.60 Å². The number of hydrogen-bond acceptors (Lipinski definition) is 12. The first kappa shape index (κ1) is 49.4. The number of halogens is 2. The van der Waals surface area contributed by atoms with Gasteiger partial charge in [0.25, 0.3) is 11.1 Å². The fraction of sp³-hybridized carbons (Fsp3) is 0.232. The average molecular weight is 991 g/mol. The Morgan fingerprint density at radius 2 is 1.03 bits per heavy atom. The van der Waals surface area contributed by atoms with Gasteiger partial charge in [-0.3, -0.25) is 38.3 Å². The molecule has 0 radical (unpaired) electrons. The summed E-state index contributed by atoms with van der Waals surface area (Å²) in [7, 11) is 0. The van der Waals surface area contributed by atoms with Crippen molar-refractivity contribution in [3.05, 3.63) is 198 Å². The third kappa shape index (κ3) is 9.78. The number of aliphatic hydroxyl groups is 1. The predicted octanol–water partition coefficient (Wildman–Crippen LogP) is 8.20. The molecule has 17 heteroatoms. The predicted molar refractivity (Wildman–Crippen MR) is 265 cm³/mol. The summed E-state index contributed by atoms with van der Waals surface area (Å²) < 4.78 is 53.9. The lowest BCUT2D eigenvalue weighted by Crippen LogP contribution is -2.50. The van der Waals surface area contributed by atoms with Gasteiger partial charge in [0.1, 0.15) is 63.6 Å². The first-order valence-corrected chi connectivity index (χ1v) is 23.2. The molecule has 15 nitrogen and oxygen atoms in total. The van der Waals surface area contributed by atoms with Crippen molar-refractivity contribution in [1.82, 2.24) is 19.1 Å². The maximum Gasteiger partial charge on any atom is 0.349 e. The molecule has 10 rings (SSSR count). The number of pyridine rings is 4. The molecule has 2 aliphatic heterocycles. The van der Waals surface area contributed by atoms with E-state index in [4.69, 9.17) is 18.9 Å². The number of rotatable bonds is 14. The van der Waals surface area contributed by atoms with Gasteiger partial charge in [0.05, 0.1) is 19.7 Å². The van der Waals surface area contributed by atoms with Crippen molar-refractivity contribution in [3.8, 4) is 23.0 Å². The number of carboxylic acids is 1. The smallest absolute Gasteiger partial charge is 0.349 e. The van der Waals surface area contributed by atoms with Crippen LogP contribution in [0.5, 0.6) is 23.0 Å². The van der Waals surface area contributed by atoms with Crippen LogP contribution in [-0.2, 0) is 43.9 Å². The molecule has 0 spiro atoms. The van der Waals surface area contributed by atoms with E-state index in [2.05, 4.69) is 9.97 Å². The van der Waals surface area contributed by atoms with Crippen LogP contribution in [0.3, 0.4) is 0 Å². The highest BCUT2D eigenvalue weighted by molar-refractivity contribution is 6.04. The molecule has 0 amide bonds. The summed E-state index contributed by atoms with van der Waals surface area (Å²) in [5.41, 5.74) is 1.23. The Bertz CT molecular complexity index is 3590. The Labute approximate surface area is 415 Å². The molecule has 0 aliphatic carbocycles. The van der Waals surface area contributed by atoms with Gasteiger partial charge in [-0.2, -0.15) is 0 Å². The van der Waals surface area contributed by atoms with E-state index < -0.39 is 39.9 Å². The number of aliphatic carboxylic acids is 1. The number of ketones is 2. The minimum Gasteiger partial charge on any atom is -0.486 e. The molecule has 6 heterocycles. The number of carbonyl (C=O) groups is 3. The highest BCUT2D eigenvalue weighted by Crippen LogP contribution is 2.43. The molecule has 4 aromatic carbocycles. The fourth-order valence-electron chi connectivity index (χ4n) is 8.93. The van der Waals surface area contributed by atoms with E-state index in [9.17, 15) is 43.0 Å². The zero-order valence-corrected chi connectivity index (χ0v) is 40.1. The van der Waals surface area contributed by atoms with Gasteiger partial charge >= 0.3 is 5.97 Å². The minimum atomic E-state index is -1.77. The number of hydrogen-bond donors (Lipinski definition) is 2. The first-order chi connectivity index (χ1) is 35.0. The van der Waals surface area contributed by atoms with E-state index in [1.807, 2.05) is 60.7 Å². The van der Waals surface area contributed by atoms with Crippen LogP contribution in [0.2, 0.25) is 0 Å². The molecule has 0 fully saturated rings. The van der Waals surface area contributed by atoms with Crippen LogP contribution in [0.1, 0.15) is 81.8 Å². The summed E-state index contributed by atoms with van der Waals surface area (Å²) in [5, 5.41) is 20.0. The number of aromatic nitrogens is 4. The van der Waals surface area contributed by atoms with Crippen LogP contribution in [0.25, 0.3) is 22.1 Å². The number of benzene rings is 4. The molecule has 2 N–H and O–H groups in total. The lowest BCUT2D eigenvalue weighted by Gasteiger charge is -2.36. The molecule has 2 aliphatic rings. The Balaban J connectivity index is 0.000000180. The Morgan fingerprint density at radius 3 is 1.42 bits per heavy atom. The van der Waals surface area contributed by atoms with Gasteiger partial charge in [0.15, 0.2) is 34.6 Å². The summed E-state index contributed by atoms with van der Waals surface area (Å²) in [5.74, 6) is -2.31. The third-order valence-electron chi connectivity index (χ3n) is 12.7. The number of carboxylic acid groups (broad SMARTS) is 1. The second kappa shape index (κ2) is 19.9. The molecule has 0 saturated carbocycles. The molecular weight excluding hydrogens is 943 g/mol. The van der Waals surface area contributed by atoms with Crippen molar-refractivity contribution in [3.63, 3.8) is 0 Å². The summed E-state index contributed by atoms with van der Waals surface area (Å²) in [4.78, 5) is 73.9. The molecule has 73 heavy (non-hydrogen) atoms. The molecular formula is C56H48F2N4O11. The van der Waals surface area contributed by atoms with E-state index in [0.717, 1.165) is 22.3 Å². The lowest BCUT2D eigenvalue weighted by molar-refractivity contribution is -0.155. The molecule has 4 aromatic heterocycles. The lowest BCUT2D eigenvalue weighted by atomic mass is 9.99. The van der Waals surface area contributed by atoms with E-state index in [1.54, 1.807) is 37.4 Å². The number of ether oxygens (including phenoxy) is 4. The quantitative estimate of drug-likeness (QED) is 0.0990. The van der Waals surface area contributed by atoms with Crippen molar-refractivity contribution >= 4 is 39.6 Å². The van der Waals surface area contributed by atoms with Gasteiger partial charge in [-0.25, -0.2) is 13.6 Å². The summed E-state index contributed by atoms with van der Waals surface area (Å²) >= 11 is 0. The van der Waals surface area contributed by atoms with E-state index in [1.165, 1.54) is 60.4 Å². The van der Waals surface area contributed by atoms with E-state index >= 15 is 0 Å². The van der Waals surface area contributed by atoms with Gasteiger partial charge in [-0.15, -0.1) is 0 Å². The monoisotopic (exact) mass is 990 g/mol.